The van der Waals surface area contributed by atoms with Gasteiger partial charge in [0.05, 0.1) is 105 Å². The number of ether oxygens (including phenoxy) is 12. The van der Waals surface area contributed by atoms with E-state index >= 15 is 19.2 Å². The number of carbonyl (C=O) groups excluding carboxylic acids is 4. The van der Waals surface area contributed by atoms with Crippen LogP contribution in [0.5, 0.6) is 17.2 Å². The third-order valence-corrected chi connectivity index (χ3v) is 72.1. The average Bonchev–Trinajstić information content (AvgIpc) is 0.686. The molecule has 720 valence electrons. The van der Waals surface area contributed by atoms with E-state index < -0.39 is 115 Å². The van der Waals surface area contributed by atoms with Crippen LogP contribution in [-0.4, -0.2) is 277 Å². The predicted molar refractivity (Wildman–Crippen MR) is 526 cm³/mol. The molecule has 3 saturated heterocycles. The van der Waals surface area contributed by atoms with Crippen LogP contribution in [0.4, 0.5) is 5.69 Å². The lowest BCUT2D eigenvalue weighted by Gasteiger charge is -2.47. The predicted octanol–water partition coefficient (Wildman–Crippen LogP) is 18.1. The third-order valence-electron chi connectivity index (χ3n) is 22.6. The topological polar surface area (TPSA) is 296 Å². The molecule has 5 aliphatic rings. The number of methoxy groups -OCH3 is 2. The van der Waals surface area contributed by atoms with Gasteiger partial charge in [0.2, 0.25) is 5.75 Å². The van der Waals surface area contributed by atoms with Crippen LogP contribution in [0.2, 0.25) is 156 Å². The van der Waals surface area contributed by atoms with Gasteiger partial charge in [0.15, 0.2) is 11.5 Å². The molecule has 0 aromatic heterocycles. The van der Waals surface area contributed by atoms with Gasteiger partial charge in [0.1, 0.15) is 19.8 Å². The van der Waals surface area contributed by atoms with E-state index in [9.17, 15) is 0 Å². The standard InChI is InChI=1S/C87H146N2O28Si12/c1-94-44-46-97-50-53-100-56-59-103-77-65-68(66-78(104-60-57-101-54-51-98-47-45-95-2)83(77)105-61-58-102-55-52-99-49-48-96-43-32-64-129(23)116-125(17,18)110-120(7,8)111-126(19,20)117-129)89-86(92)75-41-37-71-69-35-39-73-81-74(40-36-70(79(69)81)72-38-42-76(87(89)93)82(75)80(71)72)85(91)88(84(73)90)67(33-28-24-26-30-62-127(21)112-121(9,10)106-118(3,4)107-122(11,12)113-127)34-29-25-27-31-63-128(22)114-123(13,14)108-119(5,6)109-124(15,16)115-128/h35-42,65-67H,24-34,43-64H2,1-23H3. The van der Waals surface area contributed by atoms with Crippen LogP contribution in [0.25, 0.3) is 43.1 Å². The molecule has 0 aliphatic carbocycles. The maximum Gasteiger partial charge on any atom is 0.317 e. The molecule has 6 aromatic carbocycles. The van der Waals surface area contributed by atoms with Crippen molar-refractivity contribution in [1.29, 1.82) is 0 Å². The van der Waals surface area contributed by atoms with Crippen molar-refractivity contribution in [2.24, 2.45) is 0 Å². The molecular formula is C87H146N2O28Si12. The molecule has 0 radical (unpaired) electrons. The van der Waals surface area contributed by atoms with Crippen LogP contribution in [0.3, 0.4) is 0 Å². The Balaban J connectivity index is 0.808. The molecular weight excluding hydrogens is 1860 g/mol. The highest BCUT2D eigenvalue weighted by atomic mass is 28.5. The summed E-state index contributed by atoms with van der Waals surface area (Å²) >= 11 is 0. The van der Waals surface area contributed by atoms with Gasteiger partial charge in [-0.1, -0.05) is 75.6 Å². The Bertz CT molecular complexity index is 4480. The summed E-state index contributed by atoms with van der Waals surface area (Å²) in [5.41, 5.74) is 1.65. The molecule has 30 nitrogen and oxygen atoms in total. The van der Waals surface area contributed by atoms with Gasteiger partial charge >= 0.3 is 103 Å². The highest BCUT2D eigenvalue weighted by Crippen LogP contribution is 2.50. The molecule has 0 unspecified atom stereocenters. The summed E-state index contributed by atoms with van der Waals surface area (Å²) in [5, 5.41) is 5.64. The number of rotatable bonds is 50. The molecule has 5 aliphatic heterocycles. The van der Waals surface area contributed by atoms with Crippen LogP contribution < -0.4 is 19.1 Å². The minimum absolute atomic E-state index is 0.0366. The van der Waals surface area contributed by atoms with Gasteiger partial charge in [-0.05, 0) is 231 Å². The van der Waals surface area contributed by atoms with Gasteiger partial charge in [-0.15, -0.1) is 0 Å². The van der Waals surface area contributed by atoms with Crippen molar-refractivity contribution in [2.45, 2.75) is 232 Å². The lowest BCUT2D eigenvalue weighted by Crippen LogP contribution is -2.65. The lowest BCUT2D eigenvalue weighted by atomic mass is 9.82. The van der Waals surface area contributed by atoms with Crippen LogP contribution >= 0.6 is 0 Å². The van der Waals surface area contributed by atoms with Crippen molar-refractivity contribution in [3.05, 3.63) is 82.9 Å². The highest BCUT2D eigenvalue weighted by Gasteiger charge is 2.56. The molecule has 129 heavy (non-hydrogen) atoms. The number of amides is 4. The van der Waals surface area contributed by atoms with Gasteiger partial charge in [0, 0.05) is 72.0 Å². The van der Waals surface area contributed by atoms with Crippen LogP contribution in [0.15, 0.2) is 60.7 Å². The van der Waals surface area contributed by atoms with Crippen molar-refractivity contribution in [3.63, 3.8) is 0 Å². The Morgan fingerprint density at radius 1 is 0.271 bits per heavy atom. The third kappa shape index (κ3) is 29.3. The second-order valence-corrected chi connectivity index (χ2v) is 81.8. The maximum absolute atomic E-state index is 15.7. The number of fused-ring (bicyclic) bond motifs is 2. The van der Waals surface area contributed by atoms with E-state index in [4.69, 9.17) is 106 Å². The molecule has 42 heteroatoms. The van der Waals surface area contributed by atoms with E-state index in [0.717, 1.165) is 108 Å². The van der Waals surface area contributed by atoms with Gasteiger partial charge in [-0.2, -0.15) is 0 Å². The Kier molecular flexibility index (Phi) is 36.9. The van der Waals surface area contributed by atoms with Crippen LogP contribution in [0.1, 0.15) is 112 Å². The van der Waals surface area contributed by atoms with Crippen molar-refractivity contribution in [1.82, 2.24) is 4.90 Å². The Labute approximate surface area is 777 Å². The molecule has 0 saturated carbocycles. The molecule has 6 aromatic rings. The quantitative estimate of drug-likeness (QED) is 0.0113. The number of unbranched alkanes of at least 4 members (excludes halogenated alkanes) is 6. The second-order valence-electron chi connectivity index (χ2n) is 38.5. The zero-order valence-electron chi connectivity index (χ0n) is 81.0. The summed E-state index contributed by atoms with van der Waals surface area (Å²) in [6.45, 7) is 49.3. The zero-order chi connectivity index (χ0) is 93.7. The van der Waals surface area contributed by atoms with Gasteiger partial charge in [0.25, 0.3) is 23.6 Å². The van der Waals surface area contributed by atoms with Crippen LogP contribution in [-0.2, 0) is 92.0 Å². The molecule has 0 spiro atoms. The Hall–Kier alpha value is -3.94. The molecule has 11 rings (SSSR count). The number of imide groups is 2. The number of anilines is 1. The van der Waals surface area contributed by atoms with E-state index in [0.29, 0.717) is 117 Å². The summed E-state index contributed by atoms with van der Waals surface area (Å²) in [4.78, 5) is 65.4. The smallest absolute Gasteiger partial charge is 0.317 e. The fourth-order valence-corrected chi connectivity index (χ4v) is 84.4. The van der Waals surface area contributed by atoms with Crippen molar-refractivity contribution < 1.29 is 125 Å². The van der Waals surface area contributed by atoms with Crippen molar-refractivity contribution >= 4 is 175 Å². The summed E-state index contributed by atoms with van der Waals surface area (Å²) in [7, 11) is -27.3. The van der Waals surface area contributed by atoms with Crippen molar-refractivity contribution in [3.8, 4) is 17.2 Å². The first kappa shape index (κ1) is 106. The van der Waals surface area contributed by atoms with Gasteiger partial charge in [-0.3, -0.25) is 24.1 Å². The molecule has 3 fully saturated rings. The van der Waals surface area contributed by atoms with E-state index in [2.05, 4.69) is 137 Å². The van der Waals surface area contributed by atoms with Crippen molar-refractivity contribution in [2.75, 3.05) is 145 Å². The first-order valence-corrected chi connectivity index (χ1v) is 79.1. The van der Waals surface area contributed by atoms with Gasteiger partial charge < -0.3 is 106 Å². The first-order valence-electron chi connectivity index (χ1n) is 46.2. The average molecular weight is 2010 g/mol. The number of hydrogen-bond acceptors (Lipinski definition) is 28. The van der Waals surface area contributed by atoms with E-state index in [1.165, 1.54) is 0 Å². The van der Waals surface area contributed by atoms with Crippen LogP contribution in [0, 0.1) is 0 Å². The number of nitrogens with zero attached hydrogens (tertiary/aromatic N) is 2. The zero-order valence-corrected chi connectivity index (χ0v) is 93.0. The van der Waals surface area contributed by atoms with E-state index in [1.54, 1.807) is 43.4 Å². The molecule has 5 heterocycles. The summed E-state index contributed by atoms with van der Waals surface area (Å²) < 4.78 is 152. The maximum atomic E-state index is 15.7. The Morgan fingerprint density at radius 2 is 0.527 bits per heavy atom. The minimum atomic E-state index is -2.70. The largest absolute Gasteiger partial charge is 0.487 e. The fourth-order valence-electron chi connectivity index (χ4n) is 19.5. The SMILES string of the molecule is COCCOCCOCCOc1cc(N2C(=O)c3ccc4c5ccc6c7c(ccc(c8ccc(c3c48)C2=O)c75)C(=O)N(C(CCCCCC[Si]2(C)O[Si](C)(C)O[Si](C)(C)O[Si](C)(C)O2)CCCCCC[Si]2(C)O[Si](C)(C)O[Si](C)(C)O[Si](C)(C)O2)C6=O)cc(OCCOCCOCCOC)c1OCCOCCOCCOCCC[Si]1(C)O[Si](C)(C)O[Si](C)(C)O[Si](C)(C)O1. The van der Waals surface area contributed by atoms with E-state index in [1.807, 2.05) is 36.4 Å². The molecule has 0 bridgehead atoms. The number of hydrogen-bond donors (Lipinski definition) is 0. The summed E-state index contributed by atoms with van der Waals surface area (Å²) in [6, 6.07) is 20.2. The summed E-state index contributed by atoms with van der Waals surface area (Å²) in [5.74, 6) is -1.26. The molecule has 0 N–H and O–H groups in total. The second kappa shape index (κ2) is 45.1. The minimum Gasteiger partial charge on any atom is -0.487 e. The lowest BCUT2D eigenvalue weighted by molar-refractivity contribution is 0.00836. The van der Waals surface area contributed by atoms with E-state index in [-0.39, 0.29) is 100 Å². The summed E-state index contributed by atoms with van der Waals surface area (Å²) in [6.07, 6.45) is 9.10. The monoisotopic (exact) mass is 2000 g/mol. The number of carbonyl (C=O) groups is 4. The molecule has 0 atom stereocenters. The number of benzene rings is 6. The Morgan fingerprint density at radius 3 is 0.837 bits per heavy atom. The molecule has 4 amide bonds. The normalized spacial score (nSPS) is 20.6. The van der Waals surface area contributed by atoms with Gasteiger partial charge in [-0.25, -0.2) is 4.90 Å². The first-order chi connectivity index (χ1) is 60.7. The highest BCUT2D eigenvalue weighted by molar-refractivity contribution is 6.95. The fraction of sp³-hybridized carbons (Fsp3) is 0.655.